The molecular formula is C12H17FN2O. The number of benzene rings is 1. The molecule has 88 valence electrons. The molecule has 1 aromatic rings. The smallest absolute Gasteiger partial charge is 0.251 e. The zero-order valence-electron chi connectivity index (χ0n) is 9.42. The number of rotatable bonds is 5. The average Bonchev–Trinajstić information content (AvgIpc) is 2.28. The van der Waals surface area contributed by atoms with Crippen molar-refractivity contribution >= 4 is 11.6 Å². The first kappa shape index (κ1) is 12.5. The van der Waals surface area contributed by atoms with Gasteiger partial charge in [-0.3, -0.25) is 4.79 Å². The molecule has 0 aliphatic carbocycles. The highest BCUT2D eigenvalue weighted by molar-refractivity contribution is 5.94. The Balaban J connectivity index is 2.50. The number of hydrogen-bond acceptors (Lipinski definition) is 2. The van der Waals surface area contributed by atoms with Crippen molar-refractivity contribution in [3.8, 4) is 0 Å². The van der Waals surface area contributed by atoms with E-state index < -0.39 is 5.82 Å². The van der Waals surface area contributed by atoms with Gasteiger partial charge in [-0.25, -0.2) is 4.39 Å². The van der Waals surface area contributed by atoms with E-state index in [1.165, 1.54) is 18.2 Å². The first-order chi connectivity index (χ1) is 7.65. The standard InChI is InChI=1S/C12H17FN2O/c1-2-3-4-7-15-12(16)9-5-6-10(13)11(14)8-9/h5-6,8H,2-4,7,14H2,1H3,(H,15,16). The van der Waals surface area contributed by atoms with Crippen molar-refractivity contribution < 1.29 is 9.18 Å². The van der Waals surface area contributed by atoms with Gasteiger partial charge in [-0.1, -0.05) is 19.8 Å². The lowest BCUT2D eigenvalue weighted by molar-refractivity contribution is 0.0953. The third-order valence-corrected chi connectivity index (χ3v) is 2.32. The zero-order chi connectivity index (χ0) is 12.0. The highest BCUT2D eigenvalue weighted by Crippen LogP contribution is 2.11. The maximum absolute atomic E-state index is 12.9. The molecule has 0 heterocycles. The molecule has 0 aromatic heterocycles. The molecule has 0 fully saturated rings. The van der Waals surface area contributed by atoms with E-state index in [0.717, 1.165) is 19.3 Å². The molecule has 0 unspecified atom stereocenters. The first-order valence-electron chi connectivity index (χ1n) is 5.48. The van der Waals surface area contributed by atoms with E-state index in [2.05, 4.69) is 12.2 Å². The Hall–Kier alpha value is -1.58. The fourth-order valence-electron chi connectivity index (χ4n) is 1.36. The second-order valence-electron chi connectivity index (χ2n) is 3.70. The Morgan fingerprint density at radius 2 is 2.19 bits per heavy atom. The Kier molecular flexibility index (Phi) is 4.76. The van der Waals surface area contributed by atoms with E-state index in [1.807, 2.05) is 0 Å². The Morgan fingerprint density at radius 1 is 1.44 bits per heavy atom. The molecule has 1 amide bonds. The molecule has 3 nitrogen and oxygen atoms in total. The molecule has 16 heavy (non-hydrogen) atoms. The van der Waals surface area contributed by atoms with Crippen LogP contribution in [0.5, 0.6) is 0 Å². The van der Waals surface area contributed by atoms with E-state index in [-0.39, 0.29) is 11.6 Å². The van der Waals surface area contributed by atoms with Crippen LogP contribution in [-0.4, -0.2) is 12.5 Å². The van der Waals surface area contributed by atoms with Crippen molar-refractivity contribution in [3.63, 3.8) is 0 Å². The fraction of sp³-hybridized carbons (Fsp3) is 0.417. The van der Waals surface area contributed by atoms with Gasteiger partial charge in [0, 0.05) is 12.1 Å². The summed E-state index contributed by atoms with van der Waals surface area (Å²) in [6.45, 7) is 2.74. The van der Waals surface area contributed by atoms with E-state index in [0.29, 0.717) is 12.1 Å². The summed E-state index contributed by atoms with van der Waals surface area (Å²) in [4.78, 5) is 11.6. The van der Waals surface area contributed by atoms with Gasteiger partial charge in [0.05, 0.1) is 5.69 Å². The van der Waals surface area contributed by atoms with Gasteiger partial charge in [0.1, 0.15) is 5.82 Å². The lowest BCUT2D eigenvalue weighted by Crippen LogP contribution is -2.24. The summed E-state index contributed by atoms with van der Waals surface area (Å²) in [7, 11) is 0. The molecule has 0 atom stereocenters. The highest BCUT2D eigenvalue weighted by atomic mass is 19.1. The maximum Gasteiger partial charge on any atom is 0.251 e. The van der Waals surface area contributed by atoms with E-state index in [1.54, 1.807) is 0 Å². The van der Waals surface area contributed by atoms with Crippen molar-refractivity contribution in [2.24, 2.45) is 0 Å². The summed E-state index contributed by atoms with van der Waals surface area (Å²) < 4.78 is 12.9. The molecule has 0 aliphatic rings. The van der Waals surface area contributed by atoms with Crippen LogP contribution in [0, 0.1) is 5.82 Å². The Morgan fingerprint density at radius 3 is 2.81 bits per heavy atom. The number of nitrogens with two attached hydrogens (primary N) is 1. The third kappa shape index (κ3) is 3.53. The van der Waals surface area contributed by atoms with Crippen LogP contribution in [0.1, 0.15) is 36.5 Å². The van der Waals surface area contributed by atoms with Gasteiger partial charge in [-0.15, -0.1) is 0 Å². The largest absolute Gasteiger partial charge is 0.396 e. The molecule has 0 saturated carbocycles. The number of carbonyl (C=O) groups excluding carboxylic acids is 1. The van der Waals surface area contributed by atoms with Crippen LogP contribution < -0.4 is 11.1 Å². The SMILES string of the molecule is CCCCCNC(=O)c1ccc(F)c(N)c1. The second-order valence-corrected chi connectivity index (χ2v) is 3.70. The Bertz CT molecular complexity index is 366. The highest BCUT2D eigenvalue weighted by Gasteiger charge is 2.06. The molecule has 1 rings (SSSR count). The van der Waals surface area contributed by atoms with Gasteiger partial charge in [0.15, 0.2) is 0 Å². The van der Waals surface area contributed by atoms with Crippen LogP contribution in [0.2, 0.25) is 0 Å². The van der Waals surface area contributed by atoms with Crippen LogP contribution >= 0.6 is 0 Å². The molecule has 3 N–H and O–H groups in total. The summed E-state index contributed by atoms with van der Waals surface area (Å²) in [5.74, 6) is -0.703. The molecule has 4 heteroatoms. The third-order valence-electron chi connectivity index (χ3n) is 2.32. The summed E-state index contributed by atoms with van der Waals surface area (Å²) in [6.07, 6.45) is 3.16. The van der Waals surface area contributed by atoms with Crippen molar-refractivity contribution in [1.29, 1.82) is 0 Å². The van der Waals surface area contributed by atoms with E-state index >= 15 is 0 Å². The molecule has 0 radical (unpaired) electrons. The van der Waals surface area contributed by atoms with Crippen molar-refractivity contribution in [3.05, 3.63) is 29.6 Å². The number of anilines is 1. The van der Waals surface area contributed by atoms with Gasteiger partial charge in [-0.05, 0) is 24.6 Å². The minimum absolute atomic E-state index is 0.00112. The average molecular weight is 224 g/mol. The molecule has 0 spiro atoms. The quantitative estimate of drug-likeness (QED) is 0.595. The summed E-state index contributed by atoms with van der Waals surface area (Å²) in [6, 6.07) is 3.99. The normalized spacial score (nSPS) is 10.1. The Labute approximate surface area is 94.8 Å². The number of halogens is 1. The summed E-state index contributed by atoms with van der Waals surface area (Å²) in [5, 5.41) is 2.76. The lowest BCUT2D eigenvalue weighted by atomic mass is 10.2. The number of carbonyl (C=O) groups is 1. The summed E-state index contributed by atoms with van der Waals surface area (Å²) >= 11 is 0. The monoisotopic (exact) mass is 224 g/mol. The predicted octanol–water partition coefficient (Wildman–Crippen LogP) is 2.33. The van der Waals surface area contributed by atoms with Crippen molar-refractivity contribution in [1.82, 2.24) is 5.32 Å². The van der Waals surface area contributed by atoms with Gasteiger partial charge in [0.2, 0.25) is 0 Å². The molecule has 0 aliphatic heterocycles. The number of unbranched alkanes of at least 4 members (excludes halogenated alkanes) is 2. The minimum Gasteiger partial charge on any atom is -0.396 e. The van der Waals surface area contributed by atoms with Crippen LogP contribution in [-0.2, 0) is 0 Å². The predicted molar refractivity (Wildman–Crippen MR) is 62.7 cm³/mol. The van der Waals surface area contributed by atoms with Crippen molar-refractivity contribution in [2.75, 3.05) is 12.3 Å². The van der Waals surface area contributed by atoms with Crippen LogP contribution in [0.25, 0.3) is 0 Å². The first-order valence-corrected chi connectivity index (χ1v) is 5.48. The molecule has 0 bridgehead atoms. The lowest BCUT2D eigenvalue weighted by Gasteiger charge is -2.05. The number of nitrogens with one attached hydrogen (secondary N) is 1. The second kappa shape index (κ2) is 6.10. The zero-order valence-corrected chi connectivity index (χ0v) is 9.42. The minimum atomic E-state index is -0.498. The number of nitrogen functional groups attached to an aromatic ring is 1. The maximum atomic E-state index is 12.9. The molecule has 1 aromatic carbocycles. The van der Waals surface area contributed by atoms with E-state index in [9.17, 15) is 9.18 Å². The van der Waals surface area contributed by atoms with Crippen molar-refractivity contribution in [2.45, 2.75) is 26.2 Å². The van der Waals surface area contributed by atoms with Gasteiger partial charge >= 0.3 is 0 Å². The molecule has 0 saturated heterocycles. The number of hydrogen-bond donors (Lipinski definition) is 2. The van der Waals surface area contributed by atoms with Crippen LogP contribution in [0.3, 0.4) is 0 Å². The summed E-state index contributed by atoms with van der Waals surface area (Å²) in [5.41, 5.74) is 5.78. The van der Waals surface area contributed by atoms with Gasteiger partial charge in [0.25, 0.3) is 5.91 Å². The molecular weight excluding hydrogens is 207 g/mol. The fourth-order valence-corrected chi connectivity index (χ4v) is 1.36. The van der Waals surface area contributed by atoms with Gasteiger partial charge < -0.3 is 11.1 Å². The topological polar surface area (TPSA) is 55.1 Å². The van der Waals surface area contributed by atoms with Crippen LogP contribution in [0.4, 0.5) is 10.1 Å². The van der Waals surface area contributed by atoms with E-state index in [4.69, 9.17) is 5.73 Å². The van der Waals surface area contributed by atoms with Gasteiger partial charge in [-0.2, -0.15) is 0 Å². The van der Waals surface area contributed by atoms with Crippen LogP contribution in [0.15, 0.2) is 18.2 Å². The number of amides is 1.